The second-order valence-electron chi connectivity index (χ2n) is 5.83. The van der Waals surface area contributed by atoms with Crippen molar-refractivity contribution in [2.75, 3.05) is 0 Å². The largest absolute Gasteiger partial charge is 0.481 e. The molecule has 1 unspecified atom stereocenters. The second-order valence-corrected chi connectivity index (χ2v) is 5.83. The van der Waals surface area contributed by atoms with Gasteiger partial charge < -0.3 is 10.1 Å². The number of amides is 1. The summed E-state index contributed by atoms with van der Waals surface area (Å²) in [5, 5.41) is 4.92. The van der Waals surface area contributed by atoms with E-state index in [1.165, 1.54) is 6.07 Å². The molecule has 3 aromatic rings. The Morgan fingerprint density at radius 3 is 2.52 bits per heavy atom. The van der Waals surface area contributed by atoms with Gasteiger partial charge in [-0.15, -0.1) is 0 Å². The molecule has 0 aliphatic heterocycles. The number of ether oxygens (including phenoxy) is 1. The van der Waals surface area contributed by atoms with Crippen LogP contribution in [-0.2, 0) is 11.3 Å². The fourth-order valence-electron chi connectivity index (χ4n) is 2.67. The zero-order valence-corrected chi connectivity index (χ0v) is 14.0. The maximum absolute atomic E-state index is 13.6. The molecular weight excluding hydrogens is 317 g/mol. The molecule has 0 saturated heterocycles. The molecule has 0 aromatic heterocycles. The summed E-state index contributed by atoms with van der Waals surface area (Å²) in [6, 6.07) is 20.1. The third-order valence-corrected chi connectivity index (χ3v) is 4.07. The van der Waals surface area contributed by atoms with E-state index in [4.69, 9.17) is 4.74 Å². The number of fused-ring (bicyclic) bond motifs is 1. The van der Waals surface area contributed by atoms with Crippen LogP contribution < -0.4 is 10.1 Å². The highest BCUT2D eigenvalue weighted by Crippen LogP contribution is 2.22. The van der Waals surface area contributed by atoms with E-state index in [9.17, 15) is 9.18 Å². The molecule has 1 N–H and O–H groups in total. The minimum atomic E-state index is -0.618. The highest BCUT2D eigenvalue weighted by Gasteiger charge is 2.18. The van der Waals surface area contributed by atoms with Crippen molar-refractivity contribution < 1.29 is 13.9 Å². The van der Waals surface area contributed by atoms with E-state index in [2.05, 4.69) is 5.32 Å². The molecular formula is C21H20FNO2. The van der Waals surface area contributed by atoms with Crippen LogP contribution in [-0.4, -0.2) is 12.0 Å². The van der Waals surface area contributed by atoms with Crippen LogP contribution in [0.25, 0.3) is 10.8 Å². The van der Waals surface area contributed by atoms with Gasteiger partial charge in [0.25, 0.3) is 5.91 Å². The van der Waals surface area contributed by atoms with Gasteiger partial charge in [-0.2, -0.15) is 0 Å². The predicted molar refractivity (Wildman–Crippen MR) is 96.9 cm³/mol. The lowest BCUT2D eigenvalue weighted by molar-refractivity contribution is -0.128. The van der Waals surface area contributed by atoms with E-state index in [0.717, 1.165) is 10.8 Å². The van der Waals surface area contributed by atoms with E-state index in [0.29, 0.717) is 17.7 Å². The Bertz CT molecular complexity index is 878. The van der Waals surface area contributed by atoms with Crippen molar-refractivity contribution in [1.29, 1.82) is 0 Å². The number of carbonyl (C=O) groups is 1. The van der Waals surface area contributed by atoms with Crippen LogP contribution in [0.3, 0.4) is 0 Å². The van der Waals surface area contributed by atoms with Gasteiger partial charge in [0, 0.05) is 12.1 Å². The highest BCUT2D eigenvalue weighted by atomic mass is 19.1. The smallest absolute Gasteiger partial charge is 0.261 e. The fourth-order valence-corrected chi connectivity index (χ4v) is 2.67. The second kappa shape index (κ2) is 7.79. The van der Waals surface area contributed by atoms with E-state index in [1.54, 1.807) is 18.2 Å². The molecule has 3 nitrogen and oxygen atoms in total. The van der Waals surface area contributed by atoms with Gasteiger partial charge in [-0.3, -0.25) is 4.79 Å². The van der Waals surface area contributed by atoms with Crippen molar-refractivity contribution in [3.8, 4) is 5.75 Å². The molecule has 0 aliphatic rings. The first-order valence-corrected chi connectivity index (χ1v) is 8.34. The van der Waals surface area contributed by atoms with Gasteiger partial charge in [-0.25, -0.2) is 4.39 Å². The lowest BCUT2D eigenvalue weighted by Crippen LogP contribution is -2.37. The van der Waals surface area contributed by atoms with Crippen molar-refractivity contribution in [2.24, 2.45) is 0 Å². The van der Waals surface area contributed by atoms with Crippen LogP contribution in [0.1, 0.15) is 18.9 Å². The quantitative estimate of drug-likeness (QED) is 0.721. The van der Waals surface area contributed by atoms with Gasteiger partial charge >= 0.3 is 0 Å². The van der Waals surface area contributed by atoms with Crippen molar-refractivity contribution >= 4 is 16.7 Å². The van der Waals surface area contributed by atoms with Crippen molar-refractivity contribution in [1.82, 2.24) is 5.32 Å². The summed E-state index contributed by atoms with van der Waals surface area (Å²) in [4.78, 5) is 12.4. The van der Waals surface area contributed by atoms with Gasteiger partial charge in [-0.1, -0.05) is 55.5 Å². The third-order valence-electron chi connectivity index (χ3n) is 4.07. The van der Waals surface area contributed by atoms with Gasteiger partial charge in [0.15, 0.2) is 6.10 Å². The van der Waals surface area contributed by atoms with E-state index in [-0.39, 0.29) is 18.3 Å². The molecule has 0 radical (unpaired) electrons. The molecule has 0 heterocycles. The van der Waals surface area contributed by atoms with Gasteiger partial charge in [0.2, 0.25) is 0 Å². The molecule has 3 aromatic carbocycles. The van der Waals surface area contributed by atoms with E-state index < -0.39 is 6.10 Å². The van der Waals surface area contributed by atoms with Crippen molar-refractivity contribution in [3.63, 3.8) is 0 Å². The third kappa shape index (κ3) is 4.15. The van der Waals surface area contributed by atoms with Crippen molar-refractivity contribution in [2.45, 2.75) is 26.0 Å². The summed E-state index contributed by atoms with van der Waals surface area (Å²) >= 11 is 0. The maximum atomic E-state index is 13.6. The van der Waals surface area contributed by atoms with Gasteiger partial charge in [-0.05, 0) is 35.4 Å². The topological polar surface area (TPSA) is 38.3 Å². The molecule has 25 heavy (non-hydrogen) atoms. The number of hydrogen-bond donors (Lipinski definition) is 1. The minimum absolute atomic E-state index is 0.142. The normalized spacial score (nSPS) is 11.9. The lowest BCUT2D eigenvalue weighted by atomic mass is 10.1. The molecule has 4 heteroatoms. The number of hydrogen-bond acceptors (Lipinski definition) is 2. The Hall–Kier alpha value is -2.88. The Morgan fingerprint density at radius 2 is 1.76 bits per heavy atom. The summed E-state index contributed by atoms with van der Waals surface area (Å²) in [6.45, 7) is 2.03. The number of nitrogens with one attached hydrogen (secondary N) is 1. The summed E-state index contributed by atoms with van der Waals surface area (Å²) in [5.41, 5.74) is 0.455. The standard InChI is InChI=1S/C21H20FNO2/c1-2-20(21(24)23-14-17-9-5-6-10-19(17)22)25-18-12-11-15-7-3-4-8-16(15)13-18/h3-13,20H,2,14H2,1H3,(H,23,24). The van der Waals surface area contributed by atoms with Crippen LogP contribution >= 0.6 is 0 Å². The van der Waals surface area contributed by atoms with E-state index in [1.807, 2.05) is 49.4 Å². The number of carbonyl (C=O) groups excluding carboxylic acids is 1. The van der Waals surface area contributed by atoms with Crippen molar-refractivity contribution in [3.05, 3.63) is 78.1 Å². The summed E-state index contributed by atoms with van der Waals surface area (Å²) in [7, 11) is 0. The Kier molecular flexibility index (Phi) is 5.29. The SMILES string of the molecule is CCC(Oc1ccc2ccccc2c1)C(=O)NCc1ccccc1F. The molecule has 1 atom stereocenters. The molecule has 0 bridgehead atoms. The monoisotopic (exact) mass is 337 g/mol. The minimum Gasteiger partial charge on any atom is -0.481 e. The Labute approximate surface area is 146 Å². The van der Waals surface area contributed by atoms with Crippen LogP contribution in [0.4, 0.5) is 4.39 Å². The highest BCUT2D eigenvalue weighted by molar-refractivity contribution is 5.84. The lowest BCUT2D eigenvalue weighted by Gasteiger charge is -2.18. The Balaban J connectivity index is 1.66. The number of halogens is 1. The first kappa shape index (κ1) is 17.0. The molecule has 3 rings (SSSR count). The number of benzene rings is 3. The Morgan fingerprint density at radius 1 is 1.04 bits per heavy atom. The molecule has 1 amide bonds. The molecule has 0 fully saturated rings. The molecule has 128 valence electrons. The first-order chi connectivity index (χ1) is 12.2. The zero-order valence-electron chi connectivity index (χ0n) is 14.0. The molecule has 0 aliphatic carbocycles. The van der Waals surface area contributed by atoms with Crippen LogP contribution in [0, 0.1) is 5.82 Å². The van der Waals surface area contributed by atoms with Crippen LogP contribution in [0.15, 0.2) is 66.7 Å². The summed E-state index contributed by atoms with van der Waals surface area (Å²) < 4.78 is 19.5. The zero-order chi connectivity index (χ0) is 17.6. The van der Waals surface area contributed by atoms with Crippen LogP contribution in [0.5, 0.6) is 5.75 Å². The van der Waals surface area contributed by atoms with E-state index >= 15 is 0 Å². The van der Waals surface area contributed by atoms with Gasteiger partial charge in [0.05, 0.1) is 0 Å². The fraction of sp³-hybridized carbons (Fsp3) is 0.190. The van der Waals surface area contributed by atoms with Crippen LogP contribution in [0.2, 0.25) is 0 Å². The maximum Gasteiger partial charge on any atom is 0.261 e. The predicted octanol–water partition coefficient (Wildman–Crippen LogP) is 4.45. The average Bonchev–Trinajstić information content (AvgIpc) is 2.65. The van der Waals surface area contributed by atoms with Gasteiger partial charge in [0.1, 0.15) is 11.6 Å². The molecule has 0 spiro atoms. The average molecular weight is 337 g/mol. The summed E-state index contributed by atoms with van der Waals surface area (Å²) in [5.74, 6) is 0.0665. The first-order valence-electron chi connectivity index (χ1n) is 8.34. The number of rotatable bonds is 6. The molecule has 0 saturated carbocycles. The summed E-state index contributed by atoms with van der Waals surface area (Å²) in [6.07, 6.45) is -0.0939.